The van der Waals surface area contributed by atoms with Crippen molar-refractivity contribution in [3.8, 4) is 0 Å². The minimum absolute atomic E-state index is 0. The van der Waals surface area contributed by atoms with Crippen molar-refractivity contribution >= 4 is 29.7 Å². The second-order valence-corrected chi connectivity index (χ2v) is 4.89. The number of benzene rings is 2. The SMILES string of the molecule is Cl.ClC(c1ccccc1)C1Cc2ccccc2N1. The summed E-state index contributed by atoms with van der Waals surface area (Å²) in [7, 11) is 0. The molecule has 1 aliphatic rings. The van der Waals surface area contributed by atoms with Crippen LogP contribution in [0.5, 0.6) is 0 Å². The van der Waals surface area contributed by atoms with Crippen molar-refractivity contribution in [2.24, 2.45) is 0 Å². The molecule has 0 fully saturated rings. The average Bonchev–Trinajstić information content (AvgIpc) is 2.82. The number of halogens is 2. The van der Waals surface area contributed by atoms with E-state index in [0.29, 0.717) is 0 Å². The van der Waals surface area contributed by atoms with Gasteiger partial charge in [-0.2, -0.15) is 0 Å². The van der Waals surface area contributed by atoms with Crippen LogP contribution in [-0.2, 0) is 6.42 Å². The van der Waals surface area contributed by atoms with Gasteiger partial charge in [-0.1, -0.05) is 48.5 Å². The third kappa shape index (κ3) is 2.47. The number of nitrogens with one attached hydrogen (secondary N) is 1. The van der Waals surface area contributed by atoms with Crippen LogP contribution >= 0.6 is 24.0 Å². The van der Waals surface area contributed by atoms with Crippen LogP contribution in [0, 0.1) is 0 Å². The van der Waals surface area contributed by atoms with Gasteiger partial charge < -0.3 is 5.32 Å². The first-order chi connectivity index (χ1) is 8.34. The summed E-state index contributed by atoms with van der Waals surface area (Å²) >= 11 is 6.54. The van der Waals surface area contributed by atoms with Gasteiger partial charge in [0.25, 0.3) is 0 Å². The van der Waals surface area contributed by atoms with Gasteiger partial charge in [-0.05, 0) is 23.6 Å². The quantitative estimate of drug-likeness (QED) is 0.803. The minimum Gasteiger partial charge on any atom is -0.380 e. The molecule has 0 spiro atoms. The molecule has 0 radical (unpaired) electrons. The molecule has 1 heterocycles. The molecule has 1 nitrogen and oxygen atoms in total. The Balaban J connectivity index is 0.00000120. The number of hydrogen-bond acceptors (Lipinski definition) is 1. The number of rotatable bonds is 2. The zero-order chi connectivity index (χ0) is 11.7. The van der Waals surface area contributed by atoms with E-state index in [1.54, 1.807) is 0 Å². The fraction of sp³-hybridized carbons (Fsp3) is 0.200. The van der Waals surface area contributed by atoms with Crippen LogP contribution < -0.4 is 5.32 Å². The highest BCUT2D eigenvalue weighted by Gasteiger charge is 2.27. The monoisotopic (exact) mass is 279 g/mol. The van der Waals surface area contributed by atoms with Crippen molar-refractivity contribution in [2.45, 2.75) is 17.8 Å². The van der Waals surface area contributed by atoms with E-state index < -0.39 is 0 Å². The Kier molecular flexibility index (Phi) is 4.15. The summed E-state index contributed by atoms with van der Waals surface area (Å²) in [5.74, 6) is 0. The number of alkyl halides is 1. The predicted molar refractivity (Wildman–Crippen MR) is 79.8 cm³/mol. The number of hydrogen-bond donors (Lipinski definition) is 1. The van der Waals surface area contributed by atoms with E-state index in [2.05, 4.69) is 41.7 Å². The van der Waals surface area contributed by atoms with Gasteiger partial charge in [0.1, 0.15) is 0 Å². The Hall–Kier alpha value is -1.18. The summed E-state index contributed by atoms with van der Waals surface area (Å²) in [5.41, 5.74) is 3.76. The molecule has 0 bridgehead atoms. The number of fused-ring (bicyclic) bond motifs is 1. The molecule has 2 atom stereocenters. The summed E-state index contributed by atoms with van der Waals surface area (Å²) in [6.07, 6.45) is 0.999. The Labute approximate surface area is 119 Å². The Morgan fingerprint density at radius 3 is 2.39 bits per heavy atom. The van der Waals surface area contributed by atoms with Gasteiger partial charge in [-0.15, -0.1) is 24.0 Å². The van der Waals surface area contributed by atoms with Crippen LogP contribution in [0.25, 0.3) is 0 Å². The molecule has 0 aromatic heterocycles. The van der Waals surface area contributed by atoms with Gasteiger partial charge in [-0.3, -0.25) is 0 Å². The van der Waals surface area contributed by atoms with E-state index in [4.69, 9.17) is 11.6 Å². The van der Waals surface area contributed by atoms with E-state index in [9.17, 15) is 0 Å². The van der Waals surface area contributed by atoms with E-state index >= 15 is 0 Å². The molecule has 3 rings (SSSR count). The fourth-order valence-corrected chi connectivity index (χ4v) is 2.67. The predicted octanol–water partition coefficient (Wildman–Crippen LogP) is 4.43. The van der Waals surface area contributed by atoms with Crippen molar-refractivity contribution in [3.63, 3.8) is 0 Å². The van der Waals surface area contributed by atoms with Crippen LogP contribution in [0.2, 0.25) is 0 Å². The molecule has 0 saturated carbocycles. The van der Waals surface area contributed by atoms with Crippen molar-refractivity contribution < 1.29 is 0 Å². The highest BCUT2D eigenvalue weighted by Crippen LogP contribution is 2.35. The summed E-state index contributed by atoms with van der Waals surface area (Å²) in [5, 5.41) is 3.52. The first-order valence-corrected chi connectivity index (χ1v) is 6.32. The zero-order valence-electron chi connectivity index (χ0n) is 9.84. The van der Waals surface area contributed by atoms with Crippen LogP contribution in [0.3, 0.4) is 0 Å². The molecular formula is C15H15Cl2N. The van der Waals surface area contributed by atoms with E-state index in [-0.39, 0.29) is 23.8 Å². The summed E-state index contributed by atoms with van der Waals surface area (Å²) in [6, 6.07) is 19.0. The van der Waals surface area contributed by atoms with Gasteiger partial charge in [0.2, 0.25) is 0 Å². The normalized spacial score (nSPS) is 18.4. The van der Waals surface area contributed by atoms with Crippen LogP contribution in [0.1, 0.15) is 16.5 Å². The third-order valence-corrected chi connectivity index (χ3v) is 3.83. The molecule has 1 N–H and O–H groups in total. The van der Waals surface area contributed by atoms with Crippen molar-refractivity contribution in [3.05, 3.63) is 65.7 Å². The third-order valence-electron chi connectivity index (χ3n) is 3.27. The standard InChI is InChI=1S/C15H14ClN.ClH/c16-15(11-6-2-1-3-7-11)14-10-12-8-4-5-9-13(12)17-14;/h1-9,14-15,17H,10H2;1H. The van der Waals surface area contributed by atoms with E-state index in [1.165, 1.54) is 16.8 Å². The summed E-state index contributed by atoms with van der Waals surface area (Å²) in [4.78, 5) is 0. The molecule has 0 saturated heterocycles. The van der Waals surface area contributed by atoms with Crippen LogP contribution in [-0.4, -0.2) is 6.04 Å². The largest absolute Gasteiger partial charge is 0.380 e. The lowest BCUT2D eigenvalue weighted by Crippen LogP contribution is -2.21. The zero-order valence-corrected chi connectivity index (χ0v) is 11.4. The number of anilines is 1. The van der Waals surface area contributed by atoms with Gasteiger partial charge in [0.15, 0.2) is 0 Å². The molecule has 3 heteroatoms. The molecule has 1 aliphatic heterocycles. The van der Waals surface area contributed by atoms with Gasteiger partial charge in [0, 0.05) is 5.69 Å². The number of para-hydroxylation sites is 1. The van der Waals surface area contributed by atoms with E-state index in [1.807, 2.05) is 18.2 Å². The van der Waals surface area contributed by atoms with Gasteiger partial charge in [0.05, 0.1) is 11.4 Å². The molecule has 2 unspecified atom stereocenters. The molecule has 0 amide bonds. The Morgan fingerprint density at radius 1 is 1.00 bits per heavy atom. The maximum Gasteiger partial charge on any atom is 0.0789 e. The Morgan fingerprint density at radius 2 is 1.67 bits per heavy atom. The minimum atomic E-state index is 0. The molecule has 2 aromatic carbocycles. The fourth-order valence-electron chi connectivity index (χ4n) is 2.37. The first-order valence-electron chi connectivity index (χ1n) is 5.88. The molecular weight excluding hydrogens is 265 g/mol. The summed E-state index contributed by atoms with van der Waals surface area (Å²) < 4.78 is 0. The average molecular weight is 280 g/mol. The topological polar surface area (TPSA) is 12.0 Å². The lowest BCUT2D eigenvalue weighted by molar-refractivity contribution is 0.722. The lowest BCUT2D eigenvalue weighted by atomic mass is 10.0. The maximum absolute atomic E-state index is 6.54. The second-order valence-electron chi connectivity index (χ2n) is 4.42. The molecule has 2 aromatic rings. The lowest BCUT2D eigenvalue weighted by Gasteiger charge is -2.18. The second kappa shape index (κ2) is 5.64. The summed E-state index contributed by atoms with van der Waals surface area (Å²) in [6.45, 7) is 0. The maximum atomic E-state index is 6.54. The van der Waals surface area contributed by atoms with Crippen molar-refractivity contribution in [1.29, 1.82) is 0 Å². The highest BCUT2D eigenvalue weighted by molar-refractivity contribution is 6.21. The molecule has 0 aliphatic carbocycles. The first kappa shape index (κ1) is 13.3. The van der Waals surface area contributed by atoms with E-state index in [0.717, 1.165) is 6.42 Å². The Bertz CT molecular complexity index is 488. The highest BCUT2D eigenvalue weighted by atomic mass is 35.5. The van der Waals surface area contributed by atoms with Gasteiger partial charge in [-0.25, -0.2) is 0 Å². The smallest absolute Gasteiger partial charge is 0.0789 e. The van der Waals surface area contributed by atoms with Crippen LogP contribution in [0.15, 0.2) is 54.6 Å². The molecule has 94 valence electrons. The van der Waals surface area contributed by atoms with Crippen molar-refractivity contribution in [1.82, 2.24) is 0 Å². The van der Waals surface area contributed by atoms with Crippen LogP contribution in [0.4, 0.5) is 5.69 Å². The van der Waals surface area contributed by atoms with Gasteiger partial charge >= 0.3 is 0 Å². The van der Waals surface area contributed by atoms with Crippen molar-refractivity contribution in [2.75, 3.05) is 5.32 Å². The molecule has 18 heavy (non-hydrogen) atoms.